The van der Waals surface area contributed by atoms with E-state index >= 15 is 0 Å². The van der Waals surface area contributed by atoms with Crippen molar-refractivity contribution in [3.63, 3.8) is 0 Å². The highest BCUT2D eigenvalue weighted by atomic mass is 16.2. The fourth-order valence-corrected chi connectivity index (χ4v) is 2.99. The third-order valence-corrected chi connectivity index (χ3v) is 3.95. The van der Waals surface area contributed by atoms with Crippen molar-refractivity contribution in [2.24, 2.45) is 0 Å². The minimum atomic E-state index is -0.0228. The SMILES string of the molecule is N#CCN(C(=O)NC1CCCC1)C1CCCC1. The Labute approximate surface area is 103 Å². The van der Waals surface area contributed by atoms with E-state index < -0.39 is 0 Å². The molecule has 17 heavy (non-hydrogen) atoms. The van der Waals surface area contributed by atoms with Crippen LogP contribution in [0.25, 0.3) is 0 Å². The van der Waals surface area contributed by atoms with Gasteiger partial charge in [0.25, 0.3) is 0 Å². The van der Waals surface area contributed by atoms with Gasteiger partial charge in [-0.25, -0.2) is 4.79 Å². The average Bonchev–Trinajstić information content (AvgIpc) is 2.97. The number of nitrogens with one attached hydrogen (secondary N) is 1. The highest BCUT2D eigenvalue weighted by molar-refractivity contribution is 5.75. The number of hydrogen-bond acceptors (Lipinski definition) is 2. The lowest BCUT2D eigenvalue weighted by Gasteiger charge is -2.28. The molecule has 0 saturated heterocycles. The summed E-state index contributed by atoms with van der Waals surface area (Å²) in [5.74, 6) is 0. The van der Waals surface area contributed by atoms with Gasteiger partial charge < -0.3 is 10.2 Å². The molecule has 0 aliphatic heterocycles. The molecule has 0 radical (unpaired) electrons. The predicted molar refractivity (Wildman–Crippen MR) is 65.4 cm³/mol. The number of carbonyl (C=O) groups excluding carboxylic acids is 1. The van der Waals surface area contributed by atoms with E-state index in [9.17, 15) is 4.79 Å². The monoisotopic (exact) mass is 235 g/mol. The van der Waals surface area contributed by atoms with Crippen molar-refractivity contribution in [2.45, 2.75) is 63.5 Å². The summed E-state index contributed by atoms with van der Waals surface area (Å²) in [6.45, 7) is 0.225. The van der Waals surface area contributed by atoms with Gasteiger partial charge in [0.05, 0.1) is 6.07 Å². The molecule has 4 nitrogen and oxygen atoms in total. The zero-order valence-corrected chi connectivity index (χ0v) is 10.3. The first-order valence-corrected chi connectivity index (χ1v) is 6.75. The van der Waals surface area contributed by atoms with Gasteiger partial charge in [0, 0.05) is 12.1 Å². The molecule has 0 spiro atoms. The topological polar surface area (TPSA) is 56.1 Å². The van der Waals surface area contributed by atoms with Crippen LogP contribution >= 0.6 is 0 Å². The van der Waals surface area contributed by atoms with Gasteiger partial charge in [-0.05, 0) is 25.7 Å². The molecule has 2 rings (SSSR count). The standard InChI is InChI=1S/C13H21N3O/c14-9-10-16(12-7-3-4-8-12)13(17)15-11-5-1-2-6-11/h11-12H,1-8,10H2,(H,15,17). The van der Waals surface area contributed by atoms with Crippen LogP contribution in [0.15, 0.2) is 0 Å². The lowest BCUT2D eigenvalue weighted by atomic mass is 10.2. The summed E-state index contributed by atoms with van der Waals surface area (Å²) >= 11 is 0. The zero-order valence-electron chi connectivity index (χ0n) is 10.3. The molecule has 94 valence electrons. The molecule has 2 amide bonds. The third kappa shape index (κ3) is 3.12. The summed E-state index contributed by atoms with van der Waals surface area (Å²) in [6, 6.07) is 2.72. The van der Waals surface area contributed by atoms with Crippen LogP contribution < -0.4 is 5.32 Å². The van der Waals surface area contributed by atoms with Crippen molar-refractivity contribution in [3.8, 4) is 6.07 Å². The molecule has 0 atom stereocenters. The molecule has 2 aliphatic carbocycles. The molecule has 2 aliphatic rings. The number of nitriles is 1. The van der Waals surface area contributed by atoms with Crippen molar-refractivity contribution in [1.29, 1.82) is 5.26 Å². The average molecular weight is 235 g/mol. The zero-order chi connectivity index (χ0) is 12.1. The molecule has 1 N–H and O–H groups in total. The van der Waals surface area contributed by atoms with Crippen molar-refractivity contribution < 1.29 is 4.79 Å². The maximum absolute atomic E-state index is 12.1. The molecular weight excluding hydrogens is 214 g/mol. The van der Waals surface area contributed by atoms with Gasteiger partial charge in [-0.3, -0.25) is 0 Å². The fraction of sp³-hybridized carbons (Fsp3) is 0.846. The molecule has 0 heterocycles. The van der Waals surface area contributed by atoms with E-state index in [1.165, 1.54) is 25.7 Å². The normalized spacial score (nSPS) is 21.4. The van der Waals surface area contributed by atoms with Gasteiger partial charge in [0.1, 0.15) is 6.54 Å². The summed E-state index contributed by atoms with van der Waals surface area (Å²) in [5.41, 5.74) is 0. The molecule has 2 fully saturated rings. The molecule has 4 heteroatoms. The van der Waals surface area contributed by atoms with Crippen LogP contribution in [0, 0.1) is 11.3 Å². The number of amides is 2. The van der Waals surface area contributed by atoms with Gasteiger partial charge in [-0.2, -0.15) is 5.26 Å². The van der Waals surface area contributed by atoms with Gasteiger partial charge in [-0.15, -0.1) is 0 Å². The Morgan fingerprint density at radius 3 is 2.35 bits per heavy atom. The molecular formula is C13H21N3O. The first kappa shape index (κ1) is 12.2. The van der Waals surface area contributed by atoms with Gasteiger partial charge >= 0.3 is 6.03 Å². The Balaban J connectivity index is 1.89. The number of urea groups is 1. The van der Waals surface area contributed by atoms with E-state index in [0.717, 1.165) is 25.7 Å². The summed E-state index contributed by atoms with van der Waals surface area (Å²) in [4.78, 5) is 13.9. The van der Waals surface area contributed by atoms with Crippen molar-refractivity contribution >= 4 is 6.03 Å². The van der Waals surface area contributed by atoms with E-state index in [-0.39, 0.29) is 18.6 Å². The second kappa shape index (κ2) is 5.90. The Morgan fingerprint density at radius 1 is 1.18 bits per heavy atom. The lowest BCUT2D eigenvalue weighted by molar-refractivity contribution is 0.180. The first-order chi connectivity index (χ1) is 8.31. The number of hydrogen-bond donors (Lipinski definition) is 1. The lowest BCUT2D eigenvalue weighted by Crippen LogP contribution is -2.48. The van der Waals surface area contributed by atoms with E-state index in [4.69, 9.17) is 5.26 Å². The molecule has 2 saturated carbocycles. The predicted octanol–water partition coefficient (Wildman–Crippen LogP) is 2.41. The van der Waals surface area contributed by atoms with Crippen LogP contribution in [0.2, 0.25) is 0 Å². The maximum atomic E-state index is 12.1. The molecule has 0 aromatic carbocycles. The Bertz CT molecular complexity index is 298. The van der Waals surface area contributed by atoms with Crippen LogP contribution in [-0.2, 0) is 0 Å². The number of nitrogens with zero attached hydrogens (tertiary/aromatic N) is 2. The quantitative estimate of drug-likeness (QED) is 0.764. The van der Waals surface area contributed by atoms with E-state index in [1.54, 1.807) is 4.90 Å². The van der Waals surface area contributed by atoms with E-state index in [1.807, 2.05) is 0 Å². The van der Waals surface area contributed by atoms with Crippen molar-refractivity contribution in [3.05, 3.63) is 0 Å². The first-order valence-electron chi connectivity index (χ1n) is 6.75. The van der Waals surface area contributed by atoms with Gasteiger partial charge in [-0.1, -0.05) is 25.7 Å². The van der Waals surface area contributed by atoms with Crippen molar-refractivity contribution in [1.82, 2.24) is 10.2 Å². The molecule has 0 unspecified atom stereocenters. The van der Waals surface area contributed by atoms with Gasteiger partial charge in [0.15, 0.2) is 0 Å². The van der Waals surface area contributed by atoms with Crippen LogP contribution in [0.3, 0.4) is 0 Å². The summed E-state index contributed by atoms with van der Waals surface area (Å²) in [6.07, 6.45) is 9.10. The van der Waals surface area contributed by atoms with Crippen LogP contribution in [-0.4, -0.2) is 29.6 Å². The Kier molecular flexibility index (Phi) is 4.24. The highest BCUT2D eigenvalue weighted by Crippen LogP contribution is 2.24. The van der Waals surface area contributed by atoms with E-state index in [0.29, 0.717) is 6.04 Å². The summed E-state index contributed by atoms with van der Waals surface area (Å²) < 4.78 is 0. The Morgan fingerprint density at radius 2 is 1.76 bits per heavy atom. The number of carbonyl (C=O) groups is 1. The summed E-state index contributed by atoms with van der Waals surface area (Å²) in [7, 11) is 0. The Hall–Kier alpha value is -1.24. The van der Waals surface area contributed by atoms with E-state index in [2.05, 4.69) is 11.4 Å². The number of rotatable bonds is 3. The molecule has 0 aromatic heterocycles. The minimum Gasteiger partial charge on any atom is -0.335 e. The fourth-order valence-electron chi connectivity index (χ4n) is 2.99. The maximum Gasteiger partial charge on any atom is 0.318 e. The molecule has 0 aromatic rings. The third-order valence-electron chi connectivity index (χ3n) is 3.95. The largest absolute Gasteiger partial charge is 0.335 e. The van der Waals surface area contributed by atoms with Gasteiger partial charge in [0.2, 0.25) is 0 Å². The van der Waals surface area contributed by atoms with Crippen LogP contribution in [0.5, 0.6) is 0 Å². The second-order valence-corrected chi connectivity index (χ2v) is 5.16. The van der Waals surface area contributed by atoms with Crippen molar-refractivity contribution in [2.75, 3.05) is 6.54 Å². The van der Waals surface area contributed by atoms with Crippen LogP contribution in [0.4, 0.5) is 4.79 Å². The highest BCUT2D eigenvalue weighted by Gasteiger charge is 2.28. The summed E-state index contributed by atoms with van der Waals surface area (Å²) in [5, 5.41) is 11.9. The molecule has 0 bridgehead atoms. The van der Waals surface area contributed by atoms with Crippen LogP contribution in [0.1, 0.15) is 51.4 Å². The smallest absolute Gasteiger partial charge is 0.318 e. The minimum absolute atomic E-state index is 0.0228. The second-order valence-electron chi connectivity index (χ2n) is 5.16.